The average molecular weight is 2050 g/mol. The monoisotopic (exact) mass is 2050 g/mol. The molecule has 0 saturated heterocycles. The third-order valence-electron chi connectivity index (χ3n) is 29.2. The number of aryl methyl sites for hydroxylation is 12. The van der Waals surface area contributed by atoms with Gasteiger partial charge < -0.3 is 24.3 Å². The Morgan fingerprint density at radius 3 is 1.19 bits per heavy atom. The summed E-state index contributed by atoms with van der Waals surface area (Å²) in [5.74, 6) is 1.82. The summed E-state index contributed by atoms with van der Waals surface area (Å²) in [6.07, 6.45) is 12.7. The van der Waals surface area contributed by atoms with Crippen LogP contribution in [0.4, 0.5) is 45.5 Å². The van der Waals surface area contributed by atoms with Gasteiger partial charge in [-0.2, -0.15) is 0 Å². The van der Waals surface area contributed by atoms with Gasteiger partial charge >= 0.3 is 292 Å². The number of nitrogens with zero attached hydrogens (tertiary/aromatic N) is 10. The Hall–Kier alpha value is -13.5. The number of hydrogen-bond acceptors (Lipinski definition) is 7. The van der Waals surface area contributed by atoms with Crippen LogP contribution >= 0.6 is 23.5 Å². The number of benzene rings is 12. The van der Waals surface area contributed by atoms with Crippen molar-refractivity contribution >= 4 is 135 Å². The molecule has 0 aliphatic carbocycles. The summed E-state index contributed by atoms with van der Waals surface area (Å²) in [5, 5.41) is 3.05. The Morgan fingerprint density at radius 2 is 0.627 bits per heavy atom. The summed E-state index contributed by atoms with van der Waals surface area (Å²) < 4.78 is 25.6. The van der Waals surface area contributed by atoms with Crippen LogP contribution in [0.3, 0.4) is 0 Å². The predicted octanol–water partition coefficient (Wildman–Crippen LogP) is 22.8. The molecule has 0 atom stereocenters. The van der Waals surface area contributed by atoms with Crippen molar-refractivity contribution in [3.63, 3.8) is 0 Å². The van der Waals surface area contributed by atoms with E-state index in [9.17, 15) is 0 Å². The van der Waals surface area contributed by atoms with E-state index in [1.807, 2.05) is 47.8 Å². The topological polar surface area (TPSA) is 45.5 Å². The Bertz CT molecular complexity index is 7800. The summed E-state index contributed by atoms with van der Waals surface area (Å²) in [5.41, 5.74) is 39.3. The van der Waals surface area contributed by atoms with Gasteiger partial charge in [-0.25, -0.2) is 18.3 Å². The summed E-state index contributed by atoms with van der Waals surface area (Å²) >= 11 is 4.47. The first-order valence-electron chi connectivity index (χ1n) is 48.9. The molecule has 0 bridgehead atoms. The predicted molar refractivity (Wildman–Crippen MR) is 597 cm³/mol. The number of ether oxygens (including phenoxy) is 1. The van der Waals surface area contributed by atoms with Crippen LogP contribution in [0, 0.1) is 41.5 Å². The maximum atomic E-state index is 6.31. The first-order valence-corrected chi connectivity index (χ1v) is 56.9. The number of aromatic nitrogens is 6. The number of rotatable bonds is 6. The fourth-order valence-electron chi connectivity index (χ4n) is 21.4. The maximum absolute atomic E-state index is 6.31. The molecule has 11 nitrogen and oxygen atoms in total. The van der Waals surface area contributed by atoms with E-state index in [-0.39, 0.29) is 10.8 Å². The Labute approximate surface area is 862 Å². The number of hydrogen-bond donors (Lipinski definition) is 0. The van der Waals surface area contributed by atoms with E-state index in [1.54, 1.807) is 4.46 Å². The first-order chi connectivity index (χ1) is 68.4. The molecule has 12 heterocycles. The summed E-state index contributed by atoms with van der Waals surface area (Å²) in [6.45, 7) is 27.6. The van der Waals surface area contributed by atoms with Crippen LogP contribution in [-0.2, 0) is 53.1 Å². The van der Waals surface area contributed by atoms with E-state index < -0.39 is 8.07 Å². The molecule has 6 aliphatic rings. The van der Waals surface area contributed by atoms with Gasteiger partial charge in [-0.3, -0.25) is 0 Å². The molecule has 12 aromatic carbocycles. The van der Waals surface area contributed by atoms with Gasteiger partial charge in [0, 0.05) is 103 Å². The Balaban J connectivity index is 0.000000108. The van der Waals surface area contributed by atoms with Gasteiger partial charge in [0.25, 0.3) is 0 Å². The fourth-order valence-corrected chi connectivity index (χ4v) is 33.1. The van der Waals surface area contributed by atoms with Crippen molar-refractivity contribution in [2.24, 2.45) is 42.3 Å². The van der Waals surface area contributed by atoms with Gasteiger partial charge in [0.1, 0.15) is 36.3 Å². The van der Waals surface area contributed by atoms with Crippen LogP contribution in [0.15, 0.2) is 384 Å². The van der Waals surface area contributed by atoms with Crippen LogP contribution in [0.25, 0.3) is 67.5 Å². The van der Waals surface area contributed by atoms with Crippen LogP contribution in [0.5, 0.6) is 11.5 Å². The quantitative estimate of drug-likeness (QED) is 0.121. The number of anilines is 8. The second-order valence-corrected chi connectivity index (χ2v) is 50.4. The molecule has 0 spiro atoms. The SMILES string of the molecule is Cc1ccc2c(c1-c1cccc[n+]1C)N(C)c1ccccc1C2(C)C.Cc1ccc2c(c1-c1cccc[n+]1C)N(C)c1ccccc1S2.Cc1ccc2c(c1-c1cccc[n+]1C)N(C)c1ccccc1[Si]2(C)C.Cc1ccc2c(c1-c1cccc[n+]1C)Oc1ccccc1N2C.Cc1ccc2c(c1-c1cccc[n+]1C)[Se]c1ccccc1C2(C)C.Cc1ccc2c(c1-c1cccc[n+]1C)[Se]c1ccccc1S2. The molecule has 18 aromatic rings. The molecule has 16 heteroatoms. The minimum absolute atomic E-state index is 0.0196. The first kappa shape index (κ1) is 97.3. The van der Waals surface area contributed by atoms with E-state index in [0.717, 1.165) is 34.1 Å². The molecular weight excluding hydrogens is 1920 g/mol. The van der Waals surface area contributed by atoms with Gasteiger partial charge in [0.2, 0.25) is 22.8 Å². The van der Waals surface area contributed by atoms with E-state index in [0.29, 0.717) is 29.9 Å². The molecule has 0 amide bonds. The van der Waals surface area contributed by atoms with Gasteiger partial charge in [0.05, 0.1) is 56.4 Å². The van der Waals surface area contributed by atoms with E-state index >= 15 is 0 Å². The average Bonchev–Trinajstić information content (AvgIpc) is 0.712. The molecule has 24 rings (SSSR count). The van der Waals surface area contributed by atoms with Gasteiger partial charge in [-0.1, -0.05) is 136 Å². The van der Waals surface area contributed by atoms with Gasteiger partial charge in [0.15, 0.2) is 36.3 Å². The van der Waals surface area contributed by atoms with Crippen molar-refractivity contribution in [2.75, 3.05) is 47.8 Å². The van der Waals surface area contributed by atoms with Crippen molar-refractivity contribution in [1.82, 2.24) is 0 Å². The molecule has 142 heavy (non-hydrogen) atoms. The van der Waals surface area contributed by atoms with Gasteiger partial charge in [-0.15, -0.1) is 0 Å². The fraction of sp³-hybridized carbons (Fsp3) is 0.190. The molecule has 0 N–H and O–H groups in total. The Morgan fingerprint density at radius 1 is 0.261 bits per heavy atom. The summed E-state index contributed by atoms with van der Waals surface area (Å²) in [4.78, 5) is 14.8. The van der Waals surface area contributed by atoms with Crippen LogP contribution in [0.2, 0.25) is 13.1 Å². The van der Waals surface area contributed by atoms with Crippen molar-refractivity contribution in [3.8, 4) is 79.0 Å². The van der Waals surface area contributed by atoms with Crippen LogP contribution in [0.1, 0.15) is 83.3 Å². The summed E-state index contributed by atoms with van der Waals surface area (Å²) in [6, 6.07) is 118. The number of fused-ring (bicyclic) bond motifs is 12. The third-order valence-corrected chi connectivity index (χ3v) is 40.6. The standard InChI is InChI=1S/C23H25N2.C22H25N2Si.C22H22NSe.C20H19N2O.C20H19N2S.C19H16NSSe/c1-16-13-14-18-22(21(16)20-12-8-9-15-24(20)4)25(5)19-11-7-6-10-17(19)23(18,2)3;1-16-13-14-20-22(21(16)18-11-8-9-15-23(18)2)24(3)17-10-6-7-12-19(17)25(20,4)5;1-15-12-13-17-21(20(15)18-10-7-8-14-23(18)4)24-19-11-6-5-9-16(19)22(17,2)3;1-14-11-12-17-20(19(14)16-9-6-7-13-21(16)2)23-18-10-5-4-8-15(18)22(17)3;1-14-11-12-18-20(19(14)16-9-6-7-13-21(16)2)22(3)15-8-4-5-10-17(15)23-18;1-13-10-11-16-19(18(13)14-7-5-6-12-20(14)2)22-17-9-4-3-8-15(17)21-16/h2*6-15H,1-5H3;5-14H,1-4H3;2*4-13H,1-3H3;3-12H,1-2H3/q6*+1. The zero-order chi connectivity index (χ0) is 99.5. The molecule has 0 saturated carbocycles. The van der Waals surface area contributed by atoms with Crippen molar-refractivity contribution in [3.05, 3.63) is 420 Å². The molecular formula is C126H126N10OS2Se2Si+6. The van der Waals surface area contributed by atoms with E-state index in [1.165, 1.54) is 189 Å². The van der Waals surface area contributed by atoms with E-state index in [2.05, 4.69) is 540 Å². The zero-order valence-electron chi connectivity index (χ0n) is 85.7. The van der Waals surface area contributed by atoms with Crippen molar-refractivity contribution < 1.29 is 32.1 Å². The third kappa shape index (κ3) is 18.0. The van der Waals surface area contributed by atoms with Crippen LogP contribution < -0.4 is 80.0 Å². The molecule has 708 valence electrons. The van der Waals surface area contributed by atoms with Crippen molar-refractivity contribution in [2.45, 2.75) is 113 Å². The number of pyridine rings is 6. The second-order valence-electron chi connectivity index (χ2n) is 39.5. The van der Waals surface area contributed by atoms with Gasteiger partial charge in [-0.05, 0) is 144 Å². The molecule has 0 unspecified atom stereocenters. The second kappa shape index (κ2) is 40.1. The zero-order valence-corrected chi connectivity index (χ0v) is 91.7. The summed E-state index contributed by atoms with van der Waals surface area (Å²) in [7, 11) is 19.6. The van der Waals surface area contributed by atoms with Crippen molar-refractivity contribution in [1.29, 1.82) is 0 Å². The van der Waals surface area contributed by atoms with Crippen LogP contribution in [-0.4, -0.2) is 66.2 Å². The minimum atomic E-state index is -1.73. The van der Waals surface area contributed by atoms with E-state index in [4.69, 9.17) is 4.74 Å². The molecule has 6 aliphatic heterocycles. The normalized spacial score (nSPS) is 13.8. The Kier molecular flexibility index (Phi) is 27.5. The molecule has 0 fully saturated rings. The number of para-hydroxylation sites is 5. The molecule has 6 aromatic heterocycles. The molecule has 0 radical (unpaired) electrons.